The molecule has 1 aromatic rings. The van der Waals surface area contributed by atoms with Crippen molar-refractivity contribution in [3.8, 4) is 0 Å². The molecule has 1 rings (SSSR count). The van der Waals surface area contributed by atoms with Crippen LogP contribution in [0.15, 0.2) is 10.1 Å². The van der Waals surface area contributed by atoms with Gasteiger partial charge in [0.1, 0.15) is 0 Å². The summed E-state index contributed by atoms with van der Waals surface area (Å²) in [5.41, 5.74) is 1.80. The molecule has 76 valence electrons. The predicted molar refractivity (Wildman–Crippen MR) is 56.0 cm³/mol. The van der Waals surface area contributed by atoms with E-state index in [4.69, 9.17) is 5.41 Å². The highest BCUT2D eigenvalue weighted by Gasteiger charge is 2.05. The number of halogens is 1. The van der Waals surface area contributed by atoms with Gasteiger partial charge in [0.2, 0.25) is 0 Å². The molecule has 1 heterocycles. The van der Waals surface area contributed by atoms with Crippen LogP contribution in [0.1, 0.15) is 11.3 Å². The number of nitrogens with one attached hydrogen (secondary N) is 2. The topological polar surface area (TPSA) is 91.9 Å². The van der Waals surface area contributed by atoms with Crippen molar-refractivity contribution in [1.82, 2.24) is 10.4 Å². The van der Waals surface area contributed by atoms with Gasteiger partial charge in [-0.25, -0.2) is 15.1 Å². The summed E-state index contributed by atoms with van der Waals surface area (Å²) in [6.07, 6.45) is 2.59. The molecule has 0 saturated carbocycles. The van der Waals surface area contributed by atoms with Gasteiger partial charge < -0.3 is 0 Å². The van der Waals surface area contributed by atoms with Crippen molar-refractivity contribution in [3.63, 3.8) is 0 Å². The van der Waals surface area contributed by atoms with Gasteiger partial charge in [-0.3, -0.25) is 5.41 Å². The van der Waals surface area contributed by atoms with Crippen LogP contribution in [0.5, 0.6) is 0 Å². The third kappa shape index (κ3) is 3.79. The molecular formula is C6H7BrN4O2S. The standard InChI is InChI=1S/C6H7BrN4O2S/c7-6-9-3-4(14-6)1-2-5(8)10-11(12)13/h3H,1-2H2,(H2,8,10). The van der Waals surface area contributed by atoms with E-state index >= 15 is 0 Å². The zero-order chi connectivity index (χ0) is 10.6. The van der Waals surface area contributed by atoms with Crippen LogP contribution in [0.2, 0.25) is 0 Å². The van der Waals surface area contributed by atoms with Gasteiger partial charge in [-0.15, -0.1) is 11.3 Å². The van der Waals surface area contributed by atoms with Gasteiger partial charge in [-0.1, -0.05) is 5.43 Å². The summed E-state index contributed by atoms with van der Waals surface area (Å²) in [5.74, 6) is -0.0977. The molecule has 0 atom stereocenters. The maximum Gasteiger partial charge on any atom is 0.163 e. The minimum Gasteiger partial charge on any atom is -0.284 e. The van der Waals surface area contributed by atoms with E-state index in [1.54, 1.807) is 11.6 Å². The Morgan fingerprint density at radius 2 is 2.57 bits per heavy atom. The molecule has 0 spiro atoms. The minimum atomic E-state index is -0.731. The summed E-state index contributed by atoms with van der Waals surface area (Å²) in [6.45, 7) is 0. The predicted octanol–water partition coefficient (Wildman–Crippen LogP) is 1.60. The van der Waals surface area contributed by atoms with Crippen molar-refractivity contribution in [3.05, 3.63) is 25.1 Å². The molecular weight excluding hydrogens is 272 g/mol. The highest BCUT2D eigenvalue weighted by molar-refractivity contribution is 9.11. The summed E-state index contributed by atoms with van der Waals surface area (Å²) in [7, 11) is 0. The molecule has 0 aliphatic rings. The fourth-order valence-corrected chi connectivity index (χ4v) is 2.17. The van der Waals surface area contributed by atoms with E-state index in [9.17, 15) is 10.1 Å². The second kappa shape index (κ2) is 5.01. The molecule has 6 nitrogen and oxygen atoms in total. The first-order chi connectivity index (χ1) is 6.58. The third-order valence-corrected chi connectivity index (χ3v) is 2.91. The molecule has 2 N–H and O–H groups in total. The largest absolute Gasteiger partial charge is 0.284 e. The third-order valence-electron chi connectivity index (χ3n) is 1.37. The Morgan fingerprint density at radius 3 is 3.07 bits per heavy atom. The Hall–Kier alpha value is -1.02. The molecule has 0 amide bonds. The van der Waals surface area contributed by atoms with E-state index in [1.807, 2.05) is 0 Å². The number of thiazole rings is 1. The van der Waals surface area contributed by atoms with Crippen LogP contribution in [-0.2, 0) is 6.42 Å². The Bertz CT molecular complexity index is 353. The quantitative estimate of drug-likeness (QED) is 0.379. The number of amidine groups is 1. The van der Waals surface area contributed by atoms with E-state index in [-0.39, 0.29) is 5.84 Å². The maximum atomic E-state index is 9.96. The van der Waals surface area contributed by atoms with Gasteiger partial charge in [-0.2, -0.15) is 0 Å². The average Bonchev–Trinajstić information content (AvgIpc) is 2.47. The molecule has 1 aromatic heterocycles. The van der Waals surface area contributed by atoms with E-state index < -0.39 is 5.03 Å². The lowest BCUT2D eigenvalue weighted by Crippen LogP contribution is -2.28. The van der Waals surface area contributed by atoms with Gasteiger partial charge in [0.15, 0.2) is 14.8 Å². The zero-order valence-corrected chi connectivity index (χ0v) is 9.39. The molecule has 14 heavy (non-hydrogen) atoms. The Morgan fingerprint density at radius 1 is 1.86 bits per heavy atom. The van der Waals surface area contributed by atoms with Crippen molar-refractivity contribution in [1.29, 1.82) is 5.41 Å². The van der Waals surface area contributed by atoms with Crippen molar-refractivity contribution in [2.45, 2.75) is 12.8 Å². The zero-order valence-electron chi connectivity index (χ0n) is 6.99. The SMILES string of the molecule is N=C(CCc1cnc(Br)s1)N[N+](=O)[O-]. The molecule has 0 aliphatic heterocycles. The van der Waals surface area contributed by atoms with Crippen molar-refractivity contribution < 1.29 is 5.03 Å². The van der Waals surface area contributed by atoms with Crippen molar-refractivity contribution in [2.75, 3.05) is 0 Å². The Kier molecular flexibility index (Phi) is 3.96. The monoisotopic (exact) mass is 278 g/mol. The van der Waals surface area contributed by atoms with Gasteiger partial charge in [-0.05, 0) is 22.4 Å². The van der Waals surface area contributed by atoms with Gasteiger partial charge in [0, 0.05) is 17.5 Å². The molecule has 0 fully saturated rings. The van der Waals surface area contributed by atoms with Crippen LogP contribution in [0.4, 0.5) is 0 Å². The molecule has 0 aliphatic carbocycles. The van der Waals surface area contributed by atoms with E-state index in [0.717, 1.165) is 8.79 Å². The van der Waals surface area contributed by atoms with E-state index in [2.05, 4.69) is 20.9 Å². The molecule has 8 heteroatoms. The number of hydrogen-bond acceptors (Lipinski definition) is 5. The first kappa shape index (κ1) is 11.1. The lowest BCUT2D eigenvalue weighted by molar-refractivity contribution is -0.525. The van der Waals surface area contributed by atoms with Crippen molar-refractivity contribution in [2.24, 2.45) is 0 Å². The first-order valence-electron chi connectivity index (χ1n) is 3.66. The molecule has 0 bridgehead atoms. The lowest BCUT2D eigenvalue weighted by atomic mass is 10.3. The number of hydrazine groups is 1. The lowest BCUT2D eigenvalue weighted by Gasteiger charge is -1.97. The number of hydrogen-bond donors (Lipinski definition) is 2. The normalized spacial score (nSPS) is 9.79. The summed E-state index contributed by atoms with van der Waals surface area (Å²) in [6, 6.07) is 0. The highest BCUT2D eigenvalue weighted by atomic mass is 79.9. The number of aryl methyl sites for hydroxylation is 1. The van der Waals surface area contributed by atoms with Gasteiger partial charge in [0.05, 0.1) is 0 Å². The Labute approximate surface area is 92.1 Å². The first-order valence-corrected chi connectivity index (χ1v) is 5.27. The molecule has 0 saturated heterocycles. The van der Waals surface area contributed by atoms with Crippen LogP contribution < -0.4 is 5.43 Å². The summed E-state index contributed by atoms with van der Waals surface area (Å²) in [4.78, 5) is 14.9. The molecule has 0 unspecified atom stereocenters. The number of aromatic nitrogens is 1. The van der Waals surface area contributed by atoms with Crippen LogP contribution in [0, 0.1) is 15.5 Å². The van der Waals surface area contributed by atoms with E-state index in [0.29, 0.717) is 12.8 Å². The number of nitrogens with zero attached hydrogens (tertiary/aromatic N) is 2. The Balaban J connectivity index is 2.34. The fraction of sp³-hybridized carbons (Fsp3) is 0.333. The number of nitro groups is 1. The van der Waals surface area contributed by atoms with Gasteiger partial charge >= 0.3 is 0 Å². The average molecular weight is 279 g/mol. The van der Waals surface area contributed by atoms with Gasteiger partial charge in [0.25, 0.3) is 0 Å². The van der Waals surface area contributed by atoms with Crippen LogP contribution in [0.3, 0.4) is 0 Å². The molecule has 0 aromatic carbocycles. The van der Waals surface area contributed by atoms with E-state index in [1.165, 1.54) is 11.3 Å². The minimum absolute atomic E-state index is 0.0977. The van der Waals surface area contributed by atoms with Crippen LogP contribution >= 0.6 is 27.3 Å². The second-order valence-corrected chi connectivity index (χ2v) is 4.82. The van der Waals surface area contributed by atoms with Crippen LogP contribution in [-0.4, -0.2) is 15.9 Å². The van der Waals surface area contributed by atoms with Crippen molar-refractivity contribution >= 4 is 33.1 Å². The molecule has 0 radical (unpaired) electrons. The maximum absolute atomic E-state index is 9.96. The number of rotatable bonds is 4. The second-order valence-electron chi connectivity index (χ2n) is 2.43. The summed E-state index contributed by atoms with van der Waals surface area (Å²) in [5, 5.41) is 16.4. The van der Waals surface area contributed by atoms with Crippen LogP contribution in [0.25, 0.3) is 0 Å². The highest BCUT2D eigenvalue weighted by Crippen LogP contribution is 2.19. The fourth-order valence-electron chi connectivity index (χ4n) is 0.814. The summed E-state index contributed by atoms with van der Waals surface area (Å²) >= 11 is 4.67. The summed E-state index contributed by atoms with van der Waals surface area (Å²) < 4.78 is 0.779. The smallest absolute Gasteiger partial charge is 0.163 e.